The SMILES string of the molecule is C=CC(=O)c1ccccc1C(=O)C=C.C=COC=C. The van der Waals surface area contributed by atoms with Crippen molar-refractivity contribution in [3.8, 4) is 0 Å². The summed E-state index contributed by atoms with van der Waals surface area (Å²) in [4.78, 5) is 22.7. The predicted octanol–water partition coefficient (Wildman–Crippen LogP) is 3.71. The van der Waals surface area contributed by atoms with Crippen LogP contribution in [0.1, 0.15) is 20.7 Å². The van der Waals surface area contributed by atoms with Crippen LogP contribution < -0.4 is 0 Å². The van der Waals surface area contributed by atoms with E-state index in [4.69, 9.17) is 0 Å². The van der Waals surface area contributed by atoms with Crippen LogP contribution in [0, 0.1) is 0 Å². The van der Waals surface area contributed by atoms with Crippen molar-refractivity contribution in [2.75, 3.05) is 0 Å². The van der Waals surface area contributed by atoms with Gasteiger partial charge in [0.15, 0.2) is 11.6 Å². The number of carbonyl (C=O) groups is 2. The third-order valence-corrected chi connectivity index (χ3v) is 2.02. The summed E-state index contributed by atoms with van der Waals surface area (Å²) in [5, 5.41) is 0. The molecule has 3 nitrogen and oxygen atoms in total. The van der Waals surface area contributed by atoms with Crippen LogP contribution in [-0.4, -0.2) is 11.6 Å². The lowest BCUT2D eigenvalue weighted by Crippen LogP contribution is -2.04. The van der Waals surface area contributed by atoms with Crippen molar-refractivity contribution in [3.63, 3.8) is 0 Å². The van der Waals surface area contributed by atoms with Crippen LogP contribution >= 0.6 is 0 Å². The minimum Gasteiger partial charge on any atom is -0.474 e. The molecule has 0 fully saturated rings. The van der Waals surface area contributed by atoms with Gasteiger partial charge in [-0.15, -0.1) is 0 Å². The molecule has 1 aromatic rings. The van der Waals surface area contributed by atoms with Gasteiger partial charge in [-0.2, -0.15) is 0 Å². The summed E-state index contributed by atoms with van der Waals surface area (Å²) < 4.78 is 4.36. The highest BCUT2D eigenvalue weighted by Gasteiger charge is 2.11. The van der Waals surface area contributed by atoms with E-state index in [0.717, 1.165) is 0 Å². The van der Waals surface area contributed by atoms with E-state index in [9.17, 15) is 9.59 Å². The number of allylic oxidation sites excluding steroid dienone is 2. The molecule has 3 heteroatoms. The first-order valence-electron chi connectivity index (χ1n) is 5.42. The smallest absolute Gasteiger partial charge is 0.185 e. The van der Waals surface area contributed by atoms with Crippen molar-refractivity contribution in [3.05, 3.63) is 86.4 Å². The second-order valence-corrected chi connectivity index (χ2v) is 3.15. The summed E-state index contributed by atoms with van der Waals surface area (Å²) in [6.45, 7) is 13.3. The zero-order chi connectivity index (χ0) is 14.7. The van der Waals surface area contributed by atoms with Crippen molar-refractivity contribution < 1.29 is 14.3 Å². The van der Waals surface area contributed by atoms with Gasteiger partial charge in [-0.05, 0) is 12.2 Å². The van der Waals surface area contributed by atoms with Crippen LogP contribution in [0.5, 0.6) is 0 Å². The molecule has 1 aromatic carbocycles. The molecule has 19 heavy (non-hydrogen) atoms. The Kier molecular flexibility index (Phi) is 8.04. The number of ketones is 2. The van der Waals surface area contributed by atoms with Crippen molar-refractivity contribution in [2.24, 2.45) is 0 Å². The predicted molar refractivity (Wildman–Crippen MR) is 77.0 cm³/mol. The van der Waals surface area contributed by atoms with E-state index in [1.54, 1.807) is 24.3 Å². The van der Waals surface area contributed by atoms with Crippen molar-refractivity contribution in [2.45, 2.75) is 0 Å². The third kappa shape index (κ3) is 5.46. The molecule has 0 heterocycles. The molecule has 0 amide bonds. The maximum Gasteiger partial charge on any atom is 0.185 e. The van der Waals surface area contributed by atoms with Crippen molar-refractivity contribution >= 4 is 11.6 Å². The molecule has 0 aliphatic heterocycles. The normalized spacial score (nSPS) is 8.21. The zero-order valence-electron chi connectivity index (χ0n) is 10.7. The van der Waals surface area contributed by atoms with Crippen LogP contribution in [0.2, 0.25) is 0 Å². The lowest BCUT2D eigenvalue weighted by Gasteiger charge is -2.01. The van der Waals surface area contributed by atoms with Gasteiger partial charge >= 0.3 is 0 Å². The largest absolute Gasteiger partial charge is 0.474 e. The van der Waals surface area contributed by atoms with E-state index in [2.05, 4.69) is 31.1 Å². The summed E-state index contributed by atoms with van der Waals surface area (Å²) in [6, 6.07) is 6.61. The average molecular weight is 256 g/mol. The fourth-order valence-corrected chi connectivity index (χ4v) is 1.20. The molecular weight excluding hydrogens is 240 g/mol. The van der Waals surface area contributed by atoms with Crippen molar-refractivity contribution in [1.29, 1.82) is 0 Å². The average Bonchev–Trinajstić information content (AvgIpc) is 2.47. The molecule has 0 aliphatic rings. The molecule has 1 rings (SSSR count). The first-order chi connectivity index (χ1) is 9.12. The summed E-state index contributed by atoms with van der Waals surface area (Å²) in [7, 11) is 0. The number of ether oxygens (including phenoxy) is 1. The summed E-state index contributed by atoms with van der Waals surface area (Å²) in [6.07, 6.45) is 5.00. The van der Waals surface area contributed by atoms with Gasteiger partial charge < -0.3 is 4.74 Å². The maximum absolute atomic E-state index is 11.4. The van der Waals surface area contributed by atoms with E-state index in [-0.39, 0.29) is 11.6 Å². The summed E-state index contributed by atoms with van der Waals surface area (Å²) in [5.74, 6) is -0.508. The van der Waals surface area contributed by atoms with E-state index in [1.165, 1.54) is 24.7 Å². The fraction of sp³-hybridized carbons (Fsp3) is 0. The number of benzene rings is 1. The van der Waals surface area contributed by atoms with Gasteiger partial charge in [0.2, 0.25) is 0 Å². The van der Waals surface area contributed by atoms with Crippen LogP contribution in [0.25, 0.3) is 0 Å². The van der Waals surface area contributed by atoms with Gasteiger partial charge in [-0.1, -0.05) is 50.6 Å². The minimum absolute atomic E-state index is 0.254. The first kappa shape index (κ1) is 16.3. The quantitative estimate of drug-likeness (QED) is 0.442. The Morgan fingerprint density at radius 1 is 0.842 bits per heavy atom. The molecule has 0 saturated carbocycles. The molecular formula is C16H16O3. The number of carbonyl (C=O) groups excluding carboxylic acids is 2. The lowest BCUT2D eigenvalue weighted by molar-refractivity contribution is 0.101. The fourth-order valence-electron chi connectivity index (χ4n) is 1.20. The number of hydrogen-bond acceptors (Lipinski definition) is 3. The molecule has 0 radical (unpaired) electrons. The van der Waals surface area contributed by atoms with Crippen LogP contribution in [0.4, 0.5) is 0 Å². The van der Waals surface area contributed by atoms with E-state index in [1.807, 2.05) is 0 Å². The topological polar surface area (TPSA) is 43.4 Å². The molecule has 0 atom stereocenters. The van der Waals surface area contributed by atoms with Gasteiger partial charge in [0.05, 0.1) is 12.5 Å². The molecule has 0 spiro atoms. The molecule has 0 bridgehead atoms. The second kappa shape index (κ2) is 9.36. The standard InChI is InChI=1S/C12H10O2.C4H6O/c1-3-11(13)9-7-5-6-8-10(9)12(14)4-2;1-3-5-4-2/h3-8H,1-2H2;3-4H,1-2H2. The van der Waals surface area contributed by atoms with E-state index >= 15 is 0 Å². The highest BCUT2D eigenvalue weighted by molar-refractivity contribution is 6.15. The summed E-state index contributed by atoms with van der Waals surface area (Å²) >= 11 is 0. The van der Waals surface area contributed by atoms with E-state index < -0.39 is 0 Å². The Labute approximate surface area is 113 Å². The summed E-state index contributed by atoms with van der Waals surface area (Å²) in [5.41, 5.74) is 0.736. The van der Waals surface area contributed by atoms with Gasteiger partial charge in [-0.3, -0.25) is 9.59 Å². The molecule has 0 aromatic heterocycles. The number of rotatable bonds is 6. The Hall–Kier alpha value is -2.68. The van der Waals surface area contributed by atoms with Gasteiger partial charge in [-0.25, -0.2) is 0 Å². The maximum atomic E-state index is 11.4. The van der Waals surface area contributed by atoms with Crippen LogP contribution in [0.3, 0.4) is 0 Å². The second-order valence-electron chi connectivity index (χ2n) is 3.15. The highest BCUT2D eigenvalue weighted by atomic mass is 16.5. The minimum atomic E-state index is -0.254. The van der Waals surface area contributed by atoms with Gasteiger partial charge in [0, 0.05) is 11.1 Å². The third-order valence-electron chi connectivity index (χ3n) is 2.02. The van der Waals surface area contributed by atoms with Gasteiger partial charge in [0.1, 0.15) is 0 Å². The first-order valence-corrected chi connectivity index (χ1v) is 5.42. The molecule has 98 valence electrons. The Morgan fingerprint density at radius 3 is 1.42 bits per heavy atom. The van der Waals surface area contributed by atoms with Gasteiger partial charge in [0.25, 0.3) is 0 Å². The molecule has 0 N–H and O–H groups in total. The lowest BCUT2D eigenvalue weighted by atomic mass is 10.0. The highest BCUT2D eigenvalue weighted by Crippen LogP contribution is 2.11. The number of hydrogen-bond donors (Lipinski definition) is 0. The van der Waals surface area contributed by atoms with Crippen LogP contribution in [-0.2, 0) is 4.74 Å². The monoisotopic (exact) mass is 256 g/mol. The molecule has 0 aliphatic carbocycles. The Bertz CT molecular complexity index is 453. The molecule has 0 unspecified atom stereocenters. The Balaban J connectivity index is 0.000000555. The Morgan fingerprint density at radius 2 is 1.21 bits per heavy atom. The van der Waals surface area contributed by atoms with Crippen molar-refractivity contribution in [1.82, 2.24) is 0 Å². The van der Waals surface area contributed by atoms with Crippen LogP contribution in [0.15, 0.2) is 75.3 Å². The molecule has 0 saturated heterocycles. The zero-order valence-corrected chi connectivity index (χ0v) is 10.7. The van der Waals surface area contributed by atoms with E-state index in [0.29, 0.717) is 11.1 Å².